The van der Waals surface area contributed by atoms with Gasteiger partial charge in [-0.2, -0.15) is 5.26 Å². The molecule has 3 heteroatoms. The van der Waals surface area contributed by atoms with Gasteiger partial charge in [0.1, 0.15) is 17.6 Å². The second kappa shape index (κ2) is 5.86. The Morgan fingerprint density at radius 3 is 2.89 bits per heavy atom. The van der Waals surface area contributed by atoms with Crippen LogP contribution in [0.25, 0.3) is 0 Å². The number of aromatic nitrogens is 1. The molecule has 1 aromatic rings. The van der Waals surface area contributed by atoms with Crippen molar-refractivity contribution < 1.29 is 0 Å². The molecule has 1 aliphatic rings. The van der Waals surface area contributed by atoms with Gasteiger partial charge >= 0.3 is 0 Å². The molecule has 1 unspecified atom stereocenters. The van der Waals surface area contributed by atoms with Crippen LogP contribution in [0.4, 0.5) is 5.82 Å². The Morgan fingerprint density at radius 2 is 2.17 bits per heavy atom. The van der Waals surface area contributed by atoms with E-state index in [0.717, 1.165) is 30.7 Å². The van der Waals surface area contributed by atoms with Gasteiger partial charge in [0.25, 0.3) is 0 Å². The number of hydrogen-bond acceptors (Lipinski definition) is 3. The standard InChI is InChI=1S/C15H21N3/c1-12(2)13-5-4-9-18(10-8-13)15-7-3-6-14(11-16)17-15/h3,6-7,12-13H,4-5,8-10H2,1-2H3. The van der Waals surface area contributed by atoms with Crippen molar-refractivity contribution in [3.8, 4) is 6.07 Å². The molecule has 0 aliphatic carbocycles. The monoisotopic (exact) mass is 243 g/mol. The van der Waals surface area contributed by atoms with E-state index in [2.05, 4.69) is 29.8 Å². The van der Waals surface area contributed by atoms with Crippen molar-refractivity contribution in [1.82, 2.24) is 4.98 Å². The molecule has 3 nitrogen and oxygen atoms in total. The summed E-state index contributed by atoms with van der Waals surface area (Å²) in [7, 11) is 0. The Morgan fingerprint density at radius 1 is 1.33 bits per heavy atom. The van der Waals surface area contributed by atoms with Gasteiger partial charge in [0.05, 0.1) is 0 Å². The van der Waals surface area contributed by atoms with E-state index in [4.69, 9.17) is 5.26 Å². The van der Waals surface area contributed by atoms with Crippen LogP contribution >= 0.6 is 0 Å². The highest BCUT2D eigenvalue weighted by atomic mass is 15.2. The smallest absolute Gasteiger partial charge is 0.142 e. The molecule has 1 aromatic heterocycles. The number of anilines is 1. The molecule has 0 saturated carbocycles. The molecule has 2 heterocycles. The van der Waals surface area contributed by atoms with Crippen molar-refractivity contribution in [2.75, 3.05) is 18.0 Å². The zero-order valence-corrected chi connectivity index (χ0v) is 11.3. The number of nitriles is 1. The summed E-state index contributed by atoms with van der Waals surface area (Å²) in [6.45, 7) is 6.75. The third-order valence-corrected chi connectivity index (χ3v) is 3.89. The molecule has 0 N–H and O–H groups in total. The highest BCUT2D eigenvalue weighted by Crippen LogP contribution is 2.26. The Hall–Kier alpha value is -1.56. The summed E-state index contributed by atoms with van der Waals surface area (Å²) in [6, 6.07) is 7.81. The zero-order valence-electron chi connectivity index (χ0n) is 11.3. The first-order valence-corrected chi connectivity index (χ1v) is 6.83. The number of rotatable bonds is 2. The third-order valence-electron chi connectivity index (χ3n) is 3.89. The zero-order chi connectivity index (χ0) is 13.0. The maximum atomic E-state index is 8.90. The van der Waals surface area contributed by atoms with Gasteiger partial charge in [0.15, 0.2) is 0 Å². The van der Waals surface area contributed by atoms with Gasteiger partial charge < -0.3 is 4.90 Å². The first kappa shape index (κ1) is 12.9. The highest BCUT2D eigenvalue weighted by molar-refractivity contribution is 5.41. The molecule has 1 atom stereocenters. The molecule has 0 aromatic carbocycles. The lowest BCUT2D eigenvalue weighted by molar-refractivity contribution is 0.351. The third kappa shape index (κ3) is 3.01. The highest BCUT2D eigenvalue weighted by Gasteiger charge is 2.20. The lowest BCUT2D eigenvalue weighted by Gasteiger charge is -2.22. The summed E-state index contributed by atoms with van der Waals surface area (Å²) >= 11 is 0. The van der Waals surface area contributed by atoms with E-state index < -0.39 is 0 Å². The van der Waals surface area contributed by atoms with E-state index in [0.29, 0.717) is 5.69 Å². The molecule has 96 valence electrons. The van der Waals surface area contributed by atoms with E-state index in [-0.39, 0.29) is 0 Å². The van der Waals surface area contributed by atoms with E-state index in [1.807, 2.05) is 12.1 Å². The SMILES string of the molecule is CC(C)C1CCCN(c2cccc(C#N)n2)CC1. The van der Waals surface area contributed by atoms with Crippen LogP contribution in [0.1, 0.15) is 38.8 Å². The van der Waals surface area contributed by atoms with Crippen molar-refractivity contribution in [3.63, 3.8) is 0 Å². The van der Waals surface area contributed by atoms with Gasteiger partial charge in [-0.15, -0.1) is 0 Å². The average Bonchev–Trinajstić information content (AvgIpc) is 2.64. The van der Waals surface area contributed by atoms with Crippen molar-refractivity contribution in [2.24, 2.45) is 11.8 Å². The van der Waals surface area contributed by atoms with Crippen molar-refractivity contribution in [3.05, 3.63) is 23.9 Å². The summed E-state index contributed by atoms with van der Waals surface area (Å²) in [4.78, 5) is 6.71. The van der Waals surface area contributed by atoms with Crippen molar-refractivity contribution >= 4 is 5.82 Å². The Bertz CT molecular complexity index is 434. The summed E-state index contributed by atoms with van der Waals surface area (Å²) in [5, 5.41) is 8.90. The Balaban J connectivity index is 2.07. The van der Waals surface area contributed by atoms with Crippen LogP contribution < -0.4 is 4.90 Å². The predicted octanol–water partition coefficient (Wildman–Crippen LogP) is 3.22. The Labute approximate surface area is 109 Å². The first-order valence-electron chi connectivity index (χ1n) is 6.83. The molecule has 2 rings (SSSR count). The van der Waals surface area contributed by atoms with Crippen molar-refractivity contribution in [2.45, 2.75) is 33.1 Å². The molecule has 1 saturated heterocycles. The molecular weight excluding hydrogens is 222 g/mol. The maximum absolute atomic E-state index is 8.90. The predicted molar refractivity (Wildman–Crippen MR) is 73.3 cm³/mol. The minimum atomic E-state index is 0.511. The molecule has 18 heavy (non-hydrogen) atoms. The van der Waals surface area contributed by atoms with Gasteiger partial charge in [-0.25, -0.2) is 4.98 Å². The van der Waals surface area contributed by atoms with Gasteiger partial charge in [0.2, 0.25) is 0 Å². The fourth-order valence-corrected chi connectivity index (χ4v) is 2.68. The average molecular weight is 243 g/mol. The van der Waals surface area contributed by atoms with Gasteiger partial charge in [-0.05, 0) is 43.2 Å². The molecular formula is C15H21N3. The van der Waals surface area contributed by atoms with Crippen LogP contribution in [0.2, 0.25) is 0 Å². The van der Waals surface area contributed by atoms with Crippen LogP contribution in [-0.4, -0.2) is 18.1 Å². The van der Waals surface area contributed by atoms with Crippen LogP contribution in [0, 0.1) is 23.2 Å². The Kier molecular flexibility index (Phi) is 4.19. The first-order chi connectivity index (χ1) is 8.70. The lowest BCUT2D eigenvalue weighted by Crippen LogP contribution is -2.25. The van der Waals surface area contributed by atoms with Crippen LogP contribution in [0.5, 0.6) is 0 Å². The molecule has 0 radical (unpaired) electrons. The van der Waals surface area contributed by atoms with Gasteiger partial charge in [-0.1, -0.05) is 19.9 Å². The number of hydrogen-bond donors (Lipinski definition) is 0. The minimum absolute atomic E-state index is 0.511. The fraction of sp³-hybridized carbons (Fsp3) is 0.600. The van der Waals surface area contributed by atoms with Crippen LogP contribution in [0.3, 0.4) is 0 Å². The van der Waals surface area contributed by atoms with Crippen molar-refractivity contribution in [1.29, 1.82) is 5.26 Å². The number of pyridine rings is 1. The van der Waals surface area contributed by atoms with Crippen LogP contribution in [-0.2, 0) is 0 Å². The molecule has 0 bridgehead atoms. The van der Waals surface area contributed by atoms with E-state index in [1.54, 1.807) is 6.07 Å². The van der Waals surface area contributed by atoms with Gasteiger partial charge in [-0.3, -0.25) is 0 Å². The molecule has 0 amide bonds. The maximum Gasteiger partial charge on any atom is 0.142 e. The lowest BCUT2D eigenvalue weighted by atomic mass is 9.89. The molecule has 1 aliphatic heterocycles. The summed E-state index contributed by atoms with van der Waals surface area (Å²) < 4.78 is 0. The van der Waals surface area contributed by atoms with E-state index >= 15 is 0 Å². The summed E-state index contributed by atoms with van der Waals surface area (Å²) in [5.74, 6) is 2.55. The summed E-state index contributed by atoms with van der Waals surface area (Å²) in [6.07, 6.45) is 3.77. The van der Waals surface area contributed by atoms with Crippen LogP contribution in [0.15, 0.2) is 18.2 Å². The largest absolute Gasteiger partial charge is 0.357 e. The fourth-order valence-electron chi connectivity index (χ4n) is 2.68. The molecule has 1 fully saturated rings. The van der Waals surface area contributed by atoms with E-state index in [1.165, 1.54) is 19.3 Å². The minimum Gasteiger partial charge on any atom is -0.357 e. The normalized spacial score (nSPS) is 20.6. The number of nitrogens with zero attached hydrogens (tertiary/aromatic N) is 3. The quantitative estimate of drug-likeness (QED) is 0.800. The molecule has 0 spiro atoms. The second-order valence-corrected chi connectivity index (χ2v) is 5.41. The summed E-state index contributed by atoms with van der Waals surface area (Å²) in [5.41, 5.74) is 0.511. The van der Waals surface area contributed by atoms with Gasteiger partial charge in [0, 0.05) is 13.1 Å². The topological polar surface area (TPSA) is 39.9 Å². The van der Waals surface area contributed by atoms with E-state index in [9.17, 15) is 0 Å². The second-order valence-electron chi connectivity index (χ2n) is 5.41.